The largest absolute Gasteiger partial charge is 0.340 e. The van der Waals surface area contributed by atoms with Crippen LogP contribution in [0, 0.1) is 0 Å². The van der Waals surface area contributed by atoms with Crippen molar-refractivity contribution in [2.75, 3.05) is 19.8 Å². The molecule has 0 aromatic heterocycles. The number of sulfone groups is 1. The molecule has 5 nitrogen and oxygen atoms in total. The third-order valence-electron chi connectivity index (χ3n) is 3.28. The minimum atomic E-state index is -3.10. The molecule has 1 rings (SSSR count). The van der Waals surface area contributed by atoms with Gasteiger partial charge in [-0.15, -0.1) is 12.4 Å². The standard InChI is InChI=1S/C10H20N2O3S.ClH/c1-12(10(13)7-11)8-5-3-4-6-9(8)16(2,14)15;/h8-9H,3-7,11H2,1-2H3;1H. The molecule has 2 unspecified atom stereocenters. The second kappa shape index (κ2) is 6.56. The van der Waals surface area contributed by atoms with Crippen LogP contribution in [0.4, 0.5) is 0 Å². The van der Waals surface area contributed by atoms with Crippen LogP contribution >= 0.6 is 12.4 Å². The lowest BCUT2D eigenvalue weighted by molar-refractivity contribution is -0.130. The van der Waals surface area contributed by atoms with E-state index in [0.29, 0.717) is 6.42 Å². The first-order valence-electron chi connectivity index (χ1n) is 5.52. The van der Waals surface area contributed by atoms with E-state index in [9.17, 15) is 13.2 Å². The molecule has 0 saturated heterocycles. The van der Waals surface area contributed by atoms with Gasteiger partial charge in [-0.25, -0.2) is 8.42 Å². The van der Waals surface area contributed by atoms with Crippen LogP contribution in [0.5, 0.6) is 0 Å². The van der Waals surface area contributed by atoms with Crippen molar-refractivity contribution in [2.45, 2.75) is 37.0 Å². The average molecular weight is 285 g/mol. The molecule has 2 N–H and O–H groups in total. The van der Waals surface area contributed by atoms with Crippen molar-refractivity contribution in [2.24, 2.45) is 5.73 Å². The Kier molecular flexibility index (Phi) is 6.43. The number of rotatable bonds is 3. The number of nitrogens with two attached hydrogens (primary N) is 1. The Morgan fingerprint density at radius 2 is 1.88 bits per heavy atom. The van der Waals surface area contributed by atoms with Crippen molar-refractivity contribution < 1.29 is 13.2 Å². The Balaban J connectivity index is 0.00000256. The fourth-order valence-corrected chi connectivity index (χ4v) is 3.83. The van der Waals surface area contributed by atoms with Gasteiger partial charge >= 0.3 is 0 Å². The summed E-state index contributed by atoms with van der Waals surface area (Å²) in [6.45, 7) is -0.0660. The number of likely N-dealkylation sites (N-methyl/N-ethyl adjacent to an activating group) is 1. The lowest BCUT2D eigenvalue weighted by atomic mass is 9.94. The van der Waals surface area contributed by atoms with E-state index in [1.165, 1.54) is 11.2 Å². The molecule has 1 aliphatic carbocycles. The van der Waals surface area contributed by atoms with Crippen LogP contribution in [0.1, 0.15) is 25.7 Å². The minimum absolute atomic E-state index is 0. The minimum Gasteiger partial charge on any atom is -0.340 e. The van der Waals surface area contributed by atoms with E-state index in [-0.39, 0.29) is 30.9 Å². The van der Waals surface area contributed by atoms with Gasteiger partial charge in [0.25, 0.3) is 0 Å². The van der Waals surface area contributed by atoms with Gasteiger partial charge in [0.2, 0.25) is 5.91 Å². The highest BCUT2D eigenvalue weighted by Crippen LogP contribution is 2.27. The maximum atomic E-state index is 11.6. The van der Waals surface area contributed by atoms with E-state index >= 15 is 0 Å². The van der Waals surface area contributed by atoms with Gasteiger partial charge in [-0.1, -0.05) is 12.8 Å². The van der Waals surface area contributed by atoms with E-state index in [1.54, 1.807) is 7.05 Å². The SMILES string of the molecule is CN(C(=O)CN)C1CCCCC1S(C)(=O)=O.Cl. The Morgan fingerprint density at radius 3 is 2.35 bits per heavy atom. The molecular weight excluding hydrogens is 264 g/mol. The second-order valence-corrected chi connectivity index (χ2v) is 6.69. The number of halogens is 1. The summed E-state index contributed by atoms with van der Waals surface area (Å²) < 4.78 is 23.3. The number of hydrogen-bond donors (Lipinski definition) is 1. The molecule has 1 fully saturated rings. The Hall–Kier alpha value is -0.330. The first-order chi connectivity index (χ1) is 7.38. The second-order valence-electron chi connectivity index (χ2n) is 4.43. The zero-order valence-electron chi connectivity index (χ0n) is 10.3. The van der Waals surface area contributed by atoms with Crippen LogP contribution in [-0.4, -0.2) is 50.4 Å². The van der Waals surface area contributed by atoms with E-state index in [0.717, 1.165) is 19.3 Å². The van der Waals surface area contributed by atoms with Gasteiger partial charge in [0.1, 0.15) is 0 Å². The van der Waals surface area contributed by atoms with Crippen LogP contribution in [-0.2, 0) is 14.6 Å². The van der Waals surface area contributed by atoms with Crippen molar-refractivity contribution in [1.29, 1.82) is 0 Å². The molecule has 2 atom stereocenters. The Morgan fingerprint density at radius 1 is 1.35 bits per heavy atom. The Labute approximate surface area is 109 Å². The maximum Gasteiger partial charge on any atom is 0.236 e. The van der Waals surface area contributed by atoms with Gasteiger partial charge in [0.05, 0.1) is 11.8 Å². The number of carbonyl (C=O) groups is 1. The van der Waals surface area contributed by atoms with Gasteiger partial charge in [0, 0.05) is 19.3 Å². The highest BCUT2D eigenvalue weighted by atomic mass is 35.5. The van der Waals surface area contributed by atoms with Gasteiger partial charge < -0.3 is 10.6 Å². The highest BCUT2D eigenvalue weighted by molar-refractivity contribution is 7.91. The van der Waals surface area contributed by atoms with Crippen molar-refractivity contribution in [3.8, 4) is 0 Å². The number of amides is 1. The summed E-state index contributed by atoms with van der Waals surface area (Å²) in [5, 5.41) is -0.429. The van der Waals surface area contributed by atoms with E-state index in [4.69, 9.17) is 5.73 Å². The van der Waals surface area contributed by atoms with E-state index in [1.807, 2.05) is 0 Å². The fraction of sp³-hybridized carbons (Fsp3) is 0.900. The normalized spacial score (nSPS) is 24.9. The molecule has 0 aromatic rings. The van der Waals surface area contributed by atoms with Crippen molar-refractivity contribution in [3.05, 3.63) is 0 Å². The van der Waals surface area contributed by atoms with Gasteiger partial charge in [-0.3, -0.25) is 4.79 Å². The molecule has 1 aliphatic rings. The molecule has 0 heterocycles. The predicted molar refractivity (Wildman–Crippen MR) is 70.0 cm³/mol. The quantitative estimate of drug-likeness (QED) is 0.802. The molecule has 0 bridgehead atoms. The summed E-state index contributed by atoms with van der Waals surface area (Å²) in [5.41, 5.74) is 5.29. The summed E-state index contributed by atoms with van der Waals surface area (Å²) in [7, 11) is -1.45. The van der Waals surface area contributed by atoms with E-state index < -0.39 is 15.1 Å². The van der Waals surface area contributed by atoms with Crippen LogP contribution in [0.3, 0.4) is 0 Å². The molecule has 0 radical (unpaired) electrons. The Bertz CT molecular complexity index is 359. The predicted octanol–water partition coefficient (Wildman–Crippen LogP) is 0.181. The third-order valence-corrected chi connectivity index (χ3v) is 4.93. The lowest BCUT2D eigenvalue weighted by Crippen LogP contribution is -2.50. The first kappa shape index (κ1) is 16.7. The molecule has 0 spiro atoms. The molecule has 1 saturated carbocycles. The third kappa shape index (κ3) is 4.12. The van der Waals surface area contributed by atoms with E-state index in [2.05, 4.69) is 0 Å². The monoisotopic (exact) mass is 284 g/mol. The van der Waals surface area contributed by atoms with Gasteiger partial charge in [-0.05, 0) is 12.8 Å². The number of hydrogen-bond acceptors (Lipinski definition) is 4. The van der Waals surface area contributed by atoms with Gasteiger partial charge in [0.15, 0.2) is 9.84 Å². The molecule has 7 heteroatoms. The fourth-order valence-electron chi connectivity index (χ4n) is 2.35. The van der Waals surface area contributed by atoms with Crippen LogP contribution < -0.4 is 5.73 Å². The number of nitrogens with zero attached hydrogens (tertiary/aromatic N) is 1. The smallest absolute Gasteiger partial charge is 0.236 e. The van der Waals surface area contributed by atoms with Gasteiger partial charge in [-0.2, -0.15) is 0 Å². The first-order valence-corrected chi connectivity index (χ1v) is 7.48. The summed E-state index contributed by atoms with van der Waals surface area (Å²) in [6.07, 6.45) is 4.53. The summed E-state index contributed by atoms with van der Waals surface area (Å²) >= 11 is 0. The van der Waals surface area contributed by atoms with Crippen molar-refractivity contribution in [3.63, 3.8) is 0 Å². The molecule has 0 aromatic carbocycles. The van der Waals surface area contributed by atoms with Crippen LogP contribution in [0.25, 0.3) is 0 Å². The molecule has 17 heavy (non-hydrogen) atoms. The van der Waals surface area contributed by atoms with Crippen LogP contribution in [0.2, 0.25) is 0 Å². The molecule has 1 amide bonds. The summed E-state index contributed by atoms with van der Waals surface area (Å²) in [6, 6.07) is -0.209. The van der Waals surface area contributed by atoms with Crippen LogP contribution in [0.15, 0.2) is 0 Å². The molecular formula is C10H21ClN2O3S. The number of carbonyl (C=O) groups excluding carboxylic acids is 1. The zero-order valence-corrected chi connectivity index (χ0v) is 11.9. The summed E-state index contributed by atoms with van der Waals surface area (Å²) in [5.74, 6) is -0.194. The zero-order chi connectivity index (χ0) is 12.3. The van der Waals surface area contributed by atoms with Crippen molar-refractivity contribution >= 4 is 28.2 Å². The topological polar surface area (TPSA) is 80.5 Å². The maximum absolute atomic E-state index is 11.6. The van der Waals surface area contributed by atoms with Crippen molar-refractivity contribution in [1.82, 2.24) is 4.90 Å². The molecule has 102 valence electrons. The summed E-state index contributed by atoms with van der Waals surface area (Å²) in [4.78, 5) is 13.0. The lowest BCUT2D eigenvalue weighted by Gasteiger charge is -2.36. The highest BCUT2D eigenvalue weighted by Gasteiger charge is 2.36. The molecule has 0 aliphatic heterocycles. The average Bonchev–Trinajstić information content (AvgIpc) is 2.26.